The summed E-state index contributed by atoms with van der Waals surface area (Å²) < 4.78 is 96.7. The molecule has 6 nitrogen and oxygen atoms in total. The van der Waals surface area contributed by atoms with Gasteiger partial charge in [-0.25, -0.2) is 8.42 Å². The van der Waals surface area contributed by atoms with Gasteiger partial charge in [0.15, 0.2) is 5.96 Å². The summed E-state index contributed by atoms with van der Waals surface area (Å²) in [5, 5.41) is 5.77. The van der Waals surface area contributed by atoms with Crippen molar-refractivity contribution in [2.24, 2.45) is 4.99 Å². The molecule has 0 aromatic carbocycles. The highest BCUT2D eigenvalue weighted by molar-refractivity contribution is 7.90. The molecule has 1 rings (SSSR count). The maximum atomic E-state index is 12.5. The normalized spacial score (nSPS) is 18.8. The summed E-state index contributed by atoms with van der Waals surface area (Å²) in [4.78, 5) is 3.90. The summed E-state index contributed by atoms with van der Waals surface area (Å²) in [6, 6.07) is -0.281. The molecule has 13 heteroatoms. The van der Waals surface area contributed by atoms with Gasteiger partial charge in [-0.1, -0.05) is 0 Å². The Hall–Kier alpha value is -1.24. The molecule has 1 aliphatic rings. The molecule has 0 aromatic heterocycles. The van der Waals surface area contributed by atoms with Crippen LogP contribution in [0, 0.1) is 0 Å². The van der Waals surface area contributed by atoms with Crippen LogP contribution in [-0.4, -0.2) is 63.1 Å². The van der Waals surface area contributed by atoms with Gasteiger partial charge >= 0.3 is 21.7 Å². The minimum Gasteiger partial charge on any atom is -0.356 e. The Morgan fingerprint density at radius 3 is 2.15 bits per heavy atom. The van der Waals surface area contributed by atoms with E-state index in [9.17, 15) is 34.8 Å². The number of hydrogen-bond donors (Lipinski definition) is 2. The predicted octanol–water partition coefficient (Wildman–Crippen LogP) is 2.20. The van der Waals surface area contributed by atoms with Crippen LogP contribution in [0.1, 0.15) is 32.1 Å². The van der Waals surface area contributed by atoms with Crippen molar-refractivity contribution in [3.8, 4) is 0 Å². The van der Waals surface area contributed by atoms with E-state index in [1.807, 2.05) is 0 Å². The first-order valence-electron chi connectivity index (χ1n) is 7.97. The third kappa shape index (κ3) is 7.17. The SMILES string of the molecule is CN=C(NCCCCC(F)(F)F)NC1CCN(S(=O)(=O)C(F)(F)F)CC1. The number of aliphatic imine (C=N–C) groups is 1. The second-order valence-electron chi connectivity index (χ2n) is 5.84. The number of sulfonamides is 1. The van der Waals surface area contributed by atoms with Crippen LogP contribution in [0.15, 0.2) is 4.99 Å². The fraction of sp³-hybridized carbons (Fsp3) is 0.923. The zero-order valence-electron chi connectivity index (χ0n) is 14.1. The van der Waals surface area contributed by atoms with E-state index in [2.05, 4.69) is 15.6 Å². The number of halogens is 6. The first-order chi connectivity index (χ1) is 11.9. The zero-order chi connectivity index (χ0) is 20.0. The summed E-state index contributed by atoms with van der Waals surface area (Å²) in [7, 11) is -3.87. The van der Waals surface area contributed by atoms with Crippen LogP contribution in [0.2, 0.25) is 0 Å². The number of hydrogen-bond acceptors (Lipinski definition) is 3. The van der Waals surface area contributed by atoms with Crippen molar-refractivity contribution >= 4 is 16.0 Å². The number of nitrogens with one attached hydrogen (secondary N) is 2. The highest BCUT2D eigenvalue weighted by Gasteiger charge is 2.50. The number of guanidine groups is 1. The van der Waals surface area contributed by atoms with Crippen LogP contribution < -0.4 is 10.6 Å². The van der Waals surface area contributed by atoms with Gasteiger partial charge < -0.3 is 10.6 Å². The number of nitrogens with zero attached hydrogens (tertiary/aromatic N) is 2. The average Bonchev–Trinajstić information content (AvgIpc) is 2.51. The van der Waals surface area contributed by atoms with Gasteiger partial charge in [0.2, 0.25) is 0 Å². The second kappa shape index (κ2) is 9.11. The summed E-state index contributed by atoms with van der Waals surface area (Å²) in [5.74, 6) is 0.314. The lowest BCUT2D eigenvalue weighted by Crippen LogP contribution is -2.51. The molecule has 154 valence electrons. The number of rotatable bonds is 6. The van der Waals surface area contributed by atoms with Gasteiger partial charge in [-0.2, -0.15) is 30.6 Å². The van der Waals surface area contributed by atoms with Crippen molar-refractivity contribution in [2.75, 3.05) is 26.7 Å². The van der Waals surface area contributed by atoms with Crippen molar-refractivity contribution in [2.45, 2.75) is 49.8 Å². The lowest BCUT2D eigenvalue weighted by Gasteiger charge is -2.32. The summed E-state index contributed by atoms with van der Waals surface area (Å²) >= 11 is 0. The molecule has 1 heterocycles. The Bertz CT molecular complexity index is 568. The first kappa shape index (κ1) is 22.8. The number of piperidine rings is 1. The van der Waals surface area contributed by atoms with Gasteiger partial charge in [-0.15, -0.1) is 0 Å². The standard InChI is InChI=1S/C13H22F6N4O2S/c1-20-11(21-7-3-2-6-12(14,15)16)22-10-4-8-23(9-5-10)26(24,25)13(17,18)19/h10H,2-9H2,1H3,(H2,20,21,22). The molecule has 0 radical (unpaired) electrons. The van der Waals surface area contributed by atoms with E-state index in [0.29, 0.717) is 10.3 Å². The minimum atomic E-state index is -5.32. The van der Waals surface area contributed by atoms with Crippen LogP contribution >= 0.6 is 0 Å². The van der Waals surface area contributed by atoms with E-state index in [1.54, 1.807) is 0 Å². The predicted molar refractivity (Wildman–Crippen MR) is 84.0 cm³/mol. The first-order valence-corrected chi connectivity index (χ1v) is 9.41. The fourth-order valence-corrected chi connectivity index (χ4v) is 3.42. The van der Waals surface area contributed by atoms with Crippen LogP contribution in [-0.2, 0) is 10.0 Å². The summed E-state index contributed by atoms with van der Waals surface area (Å²) in [5.41, 5.74) is -5.32. The monoisotopic (exact) mass is 412 g/mol. The van der Waals surface area contributed by atoms with Crippen LogP contribution in [0.3, 0.4) is 0 Å². The van der Waals surface area contributed by atoms with Crippen molar-refractivity contribution in [1.82, 2.24) is 14.9 Å². The van der Waals surface area contributed by atoms with Crippen molar-refractivity contribution < 1.29 is 34.8 Å². The van der Waals surface area contributed by atoms with E-state index in [1.165, 1.54) is 7.05 Å². The molecule has 0 atom stereocenters. The summed E-state index contributed by atoms with van der Waals surface area (Å²) in [6.45, 7) is -0.290. The van der Waals surface area contributed by atoms with E-state index < -0.39 is 28.1 Å². The third-order valence-electron chi connectivity index (χ3n) is 3.83. The van der Waals surface area contributed by atoms with E-state index in [-0.39, 0.29) is 51.4 Å². The van der Waals surface area contributed by atoms with Crippen LogP contribution in [0.4, 0.5) is 26.3 Å². The quantitative estimate of drug-likeness (QED) is 0.304. The van der Waals surface area contributed by atoms with Crippen molar-refractivity contribution in [3.05, 3.63) is 0 Å². The Labute approximate surface area is 148 Å². The van der Waals surface area contributed by atoms with Gasteiger partial charge in [-0.05, 0) is 25.7 Å². The molecule has 0 aromatic rings. The number of unbranched alkanes of at least 4 members (excludes halogenated alkanes) is 1. The van der Waals surface area contributed by atoms with Gasteiger partial charge in [0, 0.05) is 39.1 Å². The average molecular weight is 412 g/mol. The maximum absolute atomic E-state index is 12.5. The molecule has 2 N–H and O–H groups in total. The molecule has 0 bridgehead atoms. The van der Waals surface area contributed by atoms with E-state index >= 15 is 0 Å². The van der Waals surface area contributed by atoms with Gasteiger partial charge in [-0.3, -0.25) is 4.99 Å². The van der Waals surface area contributed by atoms with Crippen LogP contribution in [0.25, 0.3) is 0 Å². The smallest absolute Gasteiger partial charge is 0.356 e. The Morgan fingerprint density at radius 2 is 1.69 bits per heavy atom. The molecular formula is C13H22F6N4O2S. The molecule has 26 heavy (non-hydrogen) atoms. The Morgan fingerprint density at radius 1 is 1.12 bits per heavy atom. The maximum Gasteiger partial charge on any atom is 0.511 e. The van der Waals surface area contributed by atoms with Crippen molar-refractivity contribution in [1.29, 1.82) is 0 Å². The largest absolute Gasteiger partial charge is 0.511 e. The molecule has 0 amide bonds. The Balaban J connectivity index is 2.37. The highest BCUT2D eigenvalue weighted by atomic mass is 32.2. The molecule has 0 saturated carbocycles. The molecule has 1 aliphatic heterocycles. The Kier molecular flexibility index (Phi) is 7.99. The van der Waals surface area contributed by atoms with E-state index in [0.717, 1.165) is 0 Å². The van der Waals surface area contributed by atoms with Gasteiger partial charge in [0.25, 0.3) is 0 Å². The van der Waals surface area contributed by atoms with E-state index in [4.69, 9.17) is 0 Å². The fourth-order valence-electron chi connectivity index (χ4n) is 2.43. The topological polar surface area (TPSA) is 73.8 Å². The lowest BCUT2D eigenvalue weighted by atomic mass is 10.1. The lowest BCUT2D eigenvalue weighted by molar-refractivity contribution is -0.135. The minimum absolute atomic E-state index is 0.0266. The molecule has 0 unspecified atom stereocenters. The van der Waals surface area contributed by atoms with Gasteiger partial charge in [0.05, 0.1) is 0 Å². The molecular weight excluding hydrogens is 390 g/mol. The molecule has 0 spiro atoms. The molecule has 1 fully saturated rings. The second-order valence-corrected chi connectivity index (χ2v) is 7.77. The molecule has 1 saturated heterocycles. The summed E-state index contributed by atoms with van der Waals surface area (Å²) in [6.07, 6.45) is -4.49. The van der Waals surface area contributed by atoms with Gasteiger partial charge in [0.1, 0.15) is 0 Å². The zero-order valence-corrected chi connectivity index (χ0v) is 14.9. The number of alkyl halides is 6. The third-order valence-corrected chi connectivity index (χ3v) is 5.46. The van der Waals surface area contributed by atoms with Crippen LogP contribution in [0.5, 0.6) is 0 Å². The van der Waals surface area contributed by atoms with Crippen molar-refractivity contribution in [3.63, 3.8) is 0 Å². The molecule has 0 aliphatic carbocycles. The highest BCUT2D eigenvalue weighted by Crippen LogP contribution is 2.29.